The van der Waals surface area contributed by atoms with Crippen molar-refractivity contribution in [2.45, 2.75) is 0 Å². The first-order valence-electron chi connectivity index (χ1n) is 33.8. The van der Waals surface area contributed by atoms with Crippen molar-refractivity contribution in [3.05, 3.63) is 401 Å². The number of hydrogen-bond acceptors (Lipinski definition) is 6. The molecule has 0 saturated carbocycles. The molecule has 0 fully saturated rings. The summed E-state index contributed by atoms with van der Waals surface area (Å²) in [4.78, 5) is 26.8. The average molecular weight is 1500 g/mol. The molecule has 17 aromatic rings. The van der Waals surface area contributed by atoms with E-state index in [1.54, 1.807) is 12.4 Å². The van der Waals surface area contributed by atoms with E-state index >= 15 is 0 Å². The van der Waals surface area contributed by atoms with Crippen LogP contribution in [0, 0.1) is 36.4 Å². The Bertz CT molecular complexity index is 5200. The first kappa shape index (κ1) is 68.7. The molecule has 0 atom stereocenters. The molecule has 492 valence electrons. The van der Waals surface area contributed by atoms with E-state index in [1.165, 1.54) is 33.4 Å². The number of hydrogen-bond donors (Lipinski definition) is 0. The fourth-order valence-electron chi connectivity index (χ4n) is 13.1. The van der Waals surface area contributed by atoms with E-state index in [-0.39, 0.29) is 39.0 Å². The molecule has 0 unspecified atom stereocenters. The van der Waals surface area contributed by atoms with Crippen molar-refractivity contribution in [1.82, 2.24) is 29.9 Å². The fourth-order valence-corrected chi connectivity index (χ4v) is 13.1. The van der Waals surface area contributed by atoms with Gasteiger partial charge in [0, 0.05) is 37.2 Å². The molecular formula is C96H60N6Rh2. The summed E-state index contributed by atoms with van der Waals surface area (Å²) >= 11 is 0. The molecule has 0 bridgehead atoms. The van der Waals surface area contributed by atoms with Gasteiger partial charge in [-0.25, -0.2) is 17.7 Å². The van der Waals surface area contributed by atoms with Gasteiger partial charge >= 0.3 is 39.0 Å². The van der Waals surface area contributed by atoms with Crippen molar-refractivity contribution in [1.29, 1.82) is 0 Å². The summed E-state index contributed by atoms with van der Waals surface area (Å²) in [5.41, 5.74) is 30.7. The Labute approximate surface area is 632 Å². The van der Waals surface area contributed by atoms with Crippen LogP contribution in [0.1, 0.15) is 0 Å². The molecule has 6 nitrogen and oxygen atoms in total. The van der Waals surface area contributed by atoms with Crippen LogP contribution < -0.4 is 0 Å². The van der Waals surface area contributed by atoms with E-state index in [4.69, 9.17) is 0 Å². The second kappa shape index (κ2) is 32.5. The standard InChI is InChI=1S/C56H34N4.C40H26N2.2Rh/c1-4-15-51(48(12-1)39-20-26-42(27-21-39)54-18-7-9-32-57-54)45-36-46(52-16-5-2-13-49(52)40-22-28-43(29-23-40)55-19-8-10-33-58-55)38-47(37-45)53-17-6-3-14-50(53)41-24-30-44(31-25-41)56-59-34-11-35-60-56;1-3-14-37(35(12-1)29-18-22-31(23-19-29)39-16-5-7-26-41-39)33-10-9-11-34(28-33)38-15-4-2-13-36(38)30-20-24-32(25-21-30)40-17-6-8-27-42-40;;/h1-26,28,32-38H;1-22,24,26-28H;;/q-4;-2;2*+3. The topological polar surface area (TPSA) is 77.3 Å². The zero-order valence-electron chi connectivity index (χ0n) is 56.0. The minimum absolute atomic E-state index is 0. The minimum Gasteiger partial charge on any atom is -0.333 e. The van der Waals surface area contributed by atoms with Gasteiger partial charge in [-0.2, -0.15) is 5.56 Å². The van der Waals surface area contributed by atoms with Crippen molar-refractivity contribution in [2.75, 3.05) is 0 Å². The molecule has 0 amide bonds. The van der Waals surface area contributed by atoms with Crippen LogP contribution >= 0.6 is 0 Å². The smallest absolute Gasteiger partial charge is 0.333 e. The molecule has 0 radical (unpaired) electrons. The van der Waals surface area contributed by atoms with Crippen LogP contribution in [0.5, 0.6) is 0 Å². The second-order valence-corrected chi connectivity index (χ2v) is 24.4. The largest absolute Gasteiger partial charge is 3.00 e. The van der Waals surface area contributed by atoms with Crippen LogP contribution in [0.4, 0.5) is 0 Å². The van der Waals surface area contributed by atoms with Crippen LogP contribution in [0.3, 0.4) is 0 Å². The third-order valence-electron chi connectivity index (χ3n) is 18.1. The van der Waals surface area contributed by atoms with Gasteiger partial charge in [0.25, 0.3) is 0 Å². The van der Waals surface area contributed by atoms with Crippen molar-refractivity contribution in [2.24, 2.45) is 0 Å². The van der Waals surface area contributed by atoms with E-state index in [1.807, 2.05) is 116 Å². The molecule has 17 rings (SSSR count). The number of benzene rings is 12. The molecule has 0 spiro atoms. The maximum atomic E-state index is 4.54. The molecule has 0 N–H and O–H groups in total. The molecule has 104 heavy (non-hydrogen) atoms. The quantitative estimate of drug-likeness (QED) is 0.0752. The second-order valence-electron chi connectivity index (χ2n) is 24.4. The van der Waals surface area contributed by atoms with Gasteiger partial charge in [0.2, 0.25) is 0 Å². The van der Waals surface area contributed by atoms with E-state index in [0.29, 0.717) is 5.82 Å². The Kier molecular flexibility index (Phi) is 21.5. The van der Waals surface area contributed by atoms with E-state index in [0.717, 1.165) is 128 Å². The minimum atomic E-state index is 0. The van der Waals surface area contributed by atoms with E-state index in [9.17, 15) is 0 Å². The van der Waals surface area contributed by atoms with Crippen molar-refractivity contribution >= 4 is 0 Å². The Hall–Kier alpha value is -12.4. The third kappa shape index (κ3) is 15.3. The average Bonchev–Trinajstić information content (AvgIpc) is 0.780. The van der Waals surface area contributed by atoms with E-state index < -0.39 is 0 Å². The summed E-state index contributed by atoms with van der Waals surface area (Å²) in [7, 11) is 0. The van der Waals surface area contributed by atoms with Crippen LogP contribution in [-0.4, -0.2) is 29.9 Å². The molecule has 12 aromatic carbocycles. The molecule has 0 aliphatic rings. The number of nitrogens with zero attached hydrogens (tertiary/aromatic N) is 6. The third-order valence-corrected chi connectivity index (χ3v) is 18.1. The maximum absolute atomic E-state index is 4.54. The van der Waals surface area contributed by atoms with Crippen LogP contribution in [0.2, 0.25) is 0 Å². The van der Waals surface area contributed by atoms with Gasteiger partial charge in [0.05, 0.1) is 0 Å². The molecular weight excluding hydrogens is 1440 g/mol. The Morgan fingerprint density at radius 3 is 0.683 bits per heavy atom. The Morgan fingerprint density at radius 1 is 0.173 bits per heavy atom. The van der Waals surface area contributed by atoms with Gasteiger partial charge in [0.1, 0.15) is 0 Å². The summed E-state index contributed by atoms with van der Waals surface area (Å²) in [6.07, 6.45) is 10.7. The predicted octanol–water partition coefficient (Wildman–Crippen LogP) is 23.5. The van der Waals surface area contributed by atoms with Crippen LogP contribution in [-0.2, 0) is 39.0 Å². The number of aromatic nitrogens is 6. The first-order chi connectivity index (χ1) is 50.6. The molecule has 8 heteroatoms. The predicted molar refractivity (Wildman–Crippen MR) is 414 cm³/mol. The summed E-state index contributed by atoms with van der Waals surface area (Å²) in [6, 6.07) is 134. The molecule has 0 saturated heterocycles. The number of rotatable bonds is 15. The van der Waals surface area contributed by atoms with Gasteiger partial charge in [-0.3, -0.25) is 12.1 Å². The normalized spacial score (nSPS) is 10.7. The first-order valence-corrected chi connectivity index (χ1v) is 33.8. The summed E-state index contributed by atoms with van der Waals surface area (Å²) in [6.45, 7) is 0. The zero-order chi connectivity index (χ0) is 68.2. The monoisotopic (exact) mass is 1500 g/mol. The van der Waals surface area contributed by atoms with Gasteiger partial charge in [-0.15, -0.1) is 119 Å². The summed E-state index contributed by atoms with van der Waals surface area (Å²) in [5.74, 6) is 0.597. The van der Waals surface area contributed by atoms with Crippen LogP contribution in [0.25, 0.3) is 168 Å². The van der Waals surface area contributed by atoms with Gasteiger partial charge in [0.15, 0.2) is 0 Å². The van der Waals surface area contributed by atoms with Gasteiger partial charge in [-0.05, 0) is 139 Å². The van der Waals surface area contributed by atoms with Gasteiger partial charge < -0.3 is 29.9 Å². The summed E-state index contributed by atoms with van der Waals surface area (Å²) < 4.78 is 0. The maximum Gasteiger partial charge on any atom is 3.00 e. The fraction of sp³-hybridized carbons (Fsp3) is 0. The van der Waals surface area contributed by atoms with Crippen molar-refractivity contribution in [3.63, 3.8) is 0 Å². The van der Waals surface area contributed by atoms with Crippen LogP contribution in [0.15, 0.2) is 365 Å². The van der Waals surface area contributed by atoms with Crippen molar-refractivity contribution < 1.29 is 39.0 Å². The SMILES string of the molecule is [Rh+3].[Rh+3].[c-]1cc(-c2ccccc2-c2cc(-c3ccccc3-c3c[c-]c(-c4ccccn4)cc3)cc(-c3ccccc3-c3c[c-]c(-c4ccccn4)cc3)c2)c[c-]c1-c1ncccn1.[c-]1cc(-c2ccccc2-c2cccc(-c3ccccc3-c3c[c-]c(-c4ccccn4)cc3)c2)ccc1-c1ccccn1. The zero-order valence-corrected chi connectivity index (χ0v) is 59.3. The summed E-state index contributed by atoms with van der Waals surface area (Å²) in [5, 5.41) is 0. The van der Waals surface area contributed by atoms with E-state index in [2.05, 4.69) is 303 Å². The number of pyridine rings is 4. The molecule has 5 heterocycles. The molecule has 5 aromatic heterocycles. The Morgan fingerprint density at radius 2 is 0.413 bits per heavy atom. The molecule has 0 aliphatic heterocycles. The van der Waals surface area contributed by atoms with Crippen molar-refractivity contribution in [3.8, 4) is 168 Å². The Balaban J connectivity index is 0.000000183. The van der Waals surface area contributed by atoms with Gasteiger partial charge in [-0.1, -0.05) is 238 Å². The molecule has 0 aliphatic carbocycles.